The van der Waals surface area contributed by atoms with E-state index in [4.69, 9.17) is 0 Å². The standard InChI is InChI=1S/C11H9N3O2/c15-14(16)7-1-2-10-9(5-7)8-3-4-12-6-11(8)13-10/h1-2,5-6,13H,3-4H2. The van der Waals surface area contributed by atoms with Gasteiger partial charge in [-0.05, 0) is 18.1 Å². The number of non-ortho nitro benzene ring substituents is 1. The fraction of sp³-hybridized carbons (Fsp3) is 0.182. The average molecular weight is 215 g/mol. The van der Waals surface area contributed by atoms with Gasteiger partial charge in [-0.2, -0.15) is 0 Å². The zero-order chi connectivity index (χ0) is 11.1. The van der Waals surface area contributed by atoms with Crippen LogP contribution in [-0.2, 0) is 6.42 Å². The van der Waals surface area contributed by atoms with Crippen molar-refractivity contribution < 1.29 is 4.92 Å². The molecule has 5 heteroatoms. The molecule has 1 N–H and O–H groups in total. The predicted molar refractivity (Wildman–Crippen MR) is 61.1 cm³/mol. The molecule has 80 valence electrons. The van der Waals surface area contributed by atoms with Crippen LogP contribution >= 0.6 is 0 Å². The van der Waals surface area contributed by atoms with Crippen LogP contribution in [0.5, 0.6) is 0 Å². The van der Waals surface area contributed by atoms with Gasteiger partial charge >= 0.3 is 0 Å². The molecule has 1 aliphatic heterocycles. The van der Waals surface area contributed by atoms with Crippen molar-refractivity contribution in [3.05, 3.63) is 39.6 Å². The molecule has 0 radical (unpaired) electrons. The van der Waals surface area contributed by atoms with E-state index in [0.717, 1.165) is 35.1 Å². The van der Waals surface area contributed by atoms with Gasteiger partial charge < -0.3 is 4.98 Å². The van der Waals surface area contributed by atoms with Gasteiger partial charge in [0.15, 0.2) is 0 Å². The summed E-state index contributed by atoms with van der Waals surface area (Å²) in [6.45, 7) is 0.753. The van der Waals surface area contributed by atoms with Crippen LogP contribution in [0.4, 0.5) is 5.69 Å². The highest BCUT2D eigenvalue weighted by Gasteiger charge is 2.15. The molecule has 0 saturated carbocycles. The van der Waals surface area contributed by atoms with E-state index in [2.05, 4.69) is 9.98 Å². The van der Waals surface area contributed by atoms with Crippen LogP contribution in [0, 0.1) is 10.1 Å². The maximum absolute atomic E-state index is 10.7. The quantitative estimate of drug-likeness (QED) is 0.584. The summed E-state index contributed by atoms with van der Waals surface area (Å²) in [7, 11) is 0. The number of aromatic amines is 1. The number of aliphatic imine (C=N–C) groups is 1. The van der Waals surface area contributed by atoms with Gasteiger partial charge in [0.2, 0.25) is 0 Å². The number of rotatable bonds is 1. The number of nitrogens with one attached hydrogen (secondary N) is 1. The molecule has 0 fully saturated rings. The van der Waals surface area contributed by atoms with Crippen molar-refractivity contribution in [3.8, 4) is 0 Å². The Bertz CT molecular complexity index is 613. The second-order valence-electron chi connectivity index (χ2n) is 3.79. The van der Waals surface area contributed by atoms with Crippen molar-refractivity contribution in [1.29, 1.82) is 0 Å². The highest BCUT2D eigenvalue weighted by Crippen LogP contribution is 2.27. The highest BCUT2D eigenvalue weighted by molar-refractivity contribution is 5.95. The van der Waals surface area contributed by atoms with Crippen molar-refractivity contribution in [3.63, 3.8) is 0 Å². The third-order valence-electron chi connectivity index (χ3n) is 2.84. The van der Waals surface area contributed by atoms with Crippen LogP contribution in [0.25, 0.3) is 10.9 Å². The Morgan fingerprint density at radius 2 is 2.31 bits per heavy atom. The van der Waals surface area contributed by atoms with Gasteiger partial charge in [0.05, 0.1) is 10.6 Å². The number of nitro groups is 1. The lowest BCUT2D eigenvalue weighted by Crippen LogP contribution is -2.00. The first kappa shape index (κ1) is 9.08. The van der Waals surface area contributed by atoms with Crippen LogP contribution in [0.2, 0.25) is 0 Å². The average Bonchev–Trinajstić information content (AvgIpc) is 2.66. The third kappa shape index (κ3) is 1.21. The molecular formula is C11H9N3O2. The number of fused-ring (bicyclic) bond motifs is 3. The molecule has 2 aromatic rings. The van der Waals surface area contributed by atoms with Gasteiger partial charge in [0.25, 0.3) is 5.69 Å². The van der Waals surface area contributed by atoms with Crippen LogP contribution in [0.3, 0.4) is 0 Å². The Labute approximate surface area is 91.0 Å². The molecule has 0 amide bonds. The molecule has 1 aromatic carbocycles. The summed E-state index contributed by atoms with van der Waals surface area (Å²) in [6.07, 6.45) is 2.64. The van der Waals surface area contributed by atoms with E-state index in [1.165, 1.54) is 6.07 Å². The van der Waals surface area contributed by atoms with Crippen molar-refractivity contribution in [2.24, 2.45) is 4.99 Å². The summed E-state index contributed by atoms with van der Waals surface area (Å²) in [5.41, 5.74) is 3.18. The lowest BCUT2D eigenvalue weighted by atomic mass is 10.1. The summed E-state index contributed by atoms with van der Waals surface area (Å²) >= 11 is 0. The normalized spacial score (nSPS) is 14.0. The molecule has 0 saturated heterocycles. The van der Waals surface area contributed by atoms with Crippen LogP contribution in [0.15, 0.2) is 23.2 Å². The first-order valence-corrected chi connectivity index (χ1v) is 5.04. The Morgan fingerprint density at radius 3 is 3.12 bits per heavy atom. The predicted octanol–water partition coefficient (Wildman–Crippen LogP) is 2.05. The van der Waals surface area contributed by atoms with E-state index in [9.17, 15) is 10.1 Å². The summed E-state index contributed by atoms with van der Waals surface area (Å²) in [5.74, 6) is 0. The molecule has 0 unspecified atom stereocenters. The molecule has 5 nitrogen and oxygen atoms in total. The van der Waals surface area contributed by atoms with E-state index in [0.29, 0.717) is 0 Å². The SMILES string of the molecule is O=[N+]([O-])c1ccc2[nH]c3c(c2c1)CCN=C3. The van der Waals surface area contributed by atoms with E-state index >= 15 is 0 Å². The number of benzene rings is 1. The topological polar surface area (TPSA) is 71.3 Å². The molecule has 3 rings (SSSR count). The van der Waals surface area contributed by atoms with Crippen molar-refractivity contribution in [1.82, 2.24) is 4.98 Å². The third-order valence-corrected chi connectivity index (χ3v) is 2.84. The largest absolute Gasteiger partial charge is 0.354 e. The van der Waals surface area contributed by atoms with E-state index < -0.39 is 0 Å². The molecular weight excluding hydrogens is 206 g/mol. The minimum absolute atomic E-state index is 0.136. The number of H-pyrrole nitrogens is 1. The molecule has 0 spiro atoms. The molecule has 1 aromatic heterocycles. The zero-order valence-corrected chi connectivity index (χ0v) is 8.43. The maximum atomic E-state index is 10.7. The molecule has 0 atom stereocenters. The summed E-state index contributed by atoms with van der Waals surface area (Å²) in [4.78, 5) is 17.7. The van der Waals surface area contributed by atoms with Crippen molar-refractivity contribution in [2.75, 3.05) is 6.54 Å². The lowest BCUT2D eigenvalue weighted by Gasteiger charge is -2.03. The molecule has 0 bridgehead atoms. The van der Waals surface area contributed by atoms with Gasteiger partial charge in [-0.1, -0.05) is 0 Å². The summed E-state index contributed by atoms with van der Waals surface area (Å²) in [6, 6.07) is 4.89. The second-order valence-corrected chi connectivity index (χ2v) is 3.79. The fourth-order valence-corrected chi connectivity index (χ4v) is 2.08. The number of aromatic nitrogens is 1. The molecule has 1 aliphatic rings. The molecule has 2 heterocycles. The van der Waals surface area contributed by atoms with E-state index in [1.807, 2.05) is 0 Å². The van der Waals surface area contributed by atoms with Gasteiger partial charge in [-0.3, -0.25) is 15.1 Å². The van der Waals surface area contributed by atoms with Crippen LogP contribution in [-0.4, -0.2) is 22.7 Å². The monoisotopic (exact) mass is 215 g/mol. The van der Waals surface area contributed by atoms with Gasteiger partial charge in [-0.25, -0.2) is 0 Å². The van der Waals surface area contributed by atoms with E-state index in [1.54, 1.807) is 18.3 Å². The zero-order valence-electron chi connectivity index (χ0n) is 8.43. The van der Waals surface area contributed by atoms with Gasteiger partial charge in [-0.15, -0.1) is 0 Å². The Balaban J connectivity index is 2.30. The highest BCUT2D eigenvalue weighted by atomic mass is 16.6. The van der Waals surface area contributed by atoms with Gasteiger partial charge in [0, 0.05) is 35.8 Å². The summed E-state index contributed by atoms with van der Waals surface area (Å²) in [5, 5.41) is 11.6. The fourth-order valence-electron chi connectivity index (χ4n) is 2.08. The second kappa shape index (κ2) is 3.16. The molecule has 0 aliphatic carbocycles. The smallest absolute Gasteiger partial charge is 0.270 e. The first-order chi connectivity index (χ1) is 7.75. The number of hydrogen-bond donors (Lipinski definition) is 1. The van der Waals surface area contributed by atoms with Crippen LogP contribution in [0.1, 0.15) is 11.3 Å². The van der Waals surface area contributed by atoms with Crippen LogP contribution < -0.4 is 0 Å². The summed E-state index contributed by atoms with van der Waals surface area (Å²) < 4.78 is 0. The van der Waals surface area contributed by atoms with E-state index in [-0.39, 0.29) is 10.6 Å². The first-order valence-electron chi connectivity index (χ1n) is 5.04. The number of nitro benzene ring substituents is 1. The maximum Gasteiger partial charge on any atom is 0.270 e. The minimum atomic E-state index is -0.365. The Hall–Kier alpha value is -2.17. The van der Waals surface area contributed by atoms with Crippen molar-refractivity contribution >= 4 is 22.8 Å². The van der Waals surface area contributed by atoms with Crippen molar-refractivity contribution in [2.45, 2.75) is 6.42 Å². The number of nitrogens with zero attached hydrogens (tertiary/aromatic N) is 2. The van der Waals surface area contributed by atoms with Gasteiger partial charge in [0.1, 0.15) is 0 Å². The lowest BCUT2D eigenvalue weighted by molar-refractivity contribution is -0.384. The minimum Gasteiger partial charge on any atom is -0.354 e. The Morgan fingerprint density at radius 1 is 1.44 bits per heavy atom. The number of hydrogen-bond acceptors (Lipinski definition) is 3. The Kier molecular flexibility index (Phi) is 1.80. The molecule has 16 heavy (non-hydrogen) atoms.